The number of ether oxygens (including phenoxy) is 2. The van der Waals surface area contributed by atoms with Gasteiger partial charge in [-0.05, 0) is 81.0 Å². The van der Waals surface area contributed by atoms with E-state index in [1.807, 2.05) is 33.8 Å². The molecule has 1 atom stereocenters. The number of esters is 1. The average molecular weight is 597 g/mol. The molecule has 1 aliphatic carbocycles. The predicted molar refractivity (Wildman–Crippen MR) is 160 cm³/mol. The van der Waals surface area contributed by atoms with E-state index in [0.29, 0.717) is 35.5 Å². The van der Waals surface area contributed by atoms with Crippen molar-refractivity contribution in [3.8, 4) is 5.75 Å². The van der Waals surface area contributed by atoms with Crippen molar-refractivity contribution in [2.45, 2.75) is 58.7 Å². The third-order valence-electron chi connectivity index (χ3n) is 7.57. The number of carbonyl (C=O) groups excluding carboxylic acids is 4. The Balaban J connectivity index is 1.19. The Labute approximate surface area is 253 Å². The molecule has 44 heavy (non-hydrogen) atoms. The van der Waals surface area contributed by atoms with Crippen molar-refractivity contribution in [3.05, 3.63) is 87.9 Å². The molecule has 2 aromatic heterocycles. The van der Waals surface area contributed by atoms with Crippen LogP contribution in [0.1, 0.15) is 86.8 Å². The lowest BCUT2D eigenvalue weighted by Crippen LogP contribution is -2.31. The Bertz CT molecular complexity index is 1840. The number of rotatable bonds is 6. The highest BCUT2D eigenvalue weighted by Gasteiger charge is 2.30. The predicted octanol–water partition coefficient (Wildman–Crippen LogP) is 3.67. The fourth-order valence-electron chi connectivity index (χ4n) is 5.52. The van der Waals surface area contributed by atoms with Crippen LogP contribution in [0.3, 0.4) is 0 Å². The molecule has 12 heteroatoms. The summed E-state index contributed by atoms with van der Waals surface area (Å²) in [6.45, 7) is 7.52. The van der Waals surface area contributed by atoms with Crippen molar-refractivity contribution in [1.29, 1.82) is 0 Å². The third-order valence-corrected chi connectivity index (χ3v) is 7.57. The molecular weight excluding hydrogens is 564 g/mol. The number of nitrogens with one attached hydrogen (secondary N) is 3. The molecule has 0 saturated carbocycles. The zero-order chi connectivity index (χ0) is 31.2. The van der Waals surface area contributed by atoms with Gasteiger partial charge in [-0.25, -0.2) is 14.3 Å². The Kier molecular flexibility index (Phi) is 7.28. The second-order valence-corrected chi connectivity index (χ2v) is 11.9. The van der Waals surface area contributed by atoms with Crippen LogP contribution in [0, 0.1) is 6.92 Å². The Hall–Kier alpha value is -5.26. The van der Waals surface area contributed by atoms with Crippen molar-refractivity contribution in [1.82, 2.24) is 25.2 Å². The SMILES string of the molecule is Cc1c(C(=O)OC(C)(C)C)ccc2c1CC[C@@H]2NC(=O)c1cc(C(=O)NCc2ccc3c(c2)NC(=O)CO3)nc2ccnn12. The monoisotopic (exact) mass is 596 g/mol. The number of anilines is 1. The minimum atomic E-state index is -0.604. The van der Waals surface area contributed by atoms with Gasteiger partial charge in [0, 0.05) is 18.7 Å². The summed E-state index contributed by atoms with van der Waals surface area (Å²) in [6, 6.07) is 11.6. The number of carbonyl (C=O) groups is 4. The fourth-order valence-corrected chi connectivity index (χ4v) is 5.52. The molecule has 4 aromatic rings. The maximum Gasteiger partial charge on any atom is 0.338 e. The number of aromatic nitrogens is 3. The van der Waals surface area contributed by atoms with Crippen LogP contribution in [0.2, 0.25) is 0 Å². The first-order valence-corrected chi connectivity index (χ1v) is 14.3. The zero-order valence-corrected chi connectivity index (χ0v) is 24.8. The zero-order valence-electron chi connectivity index (χ0n) is 24.8. The number of fused-ring (bicyclic) bond motifs is 3. The van der Waals surface area contributed by atoms with Crippen molar-refractivity contribution >= 4 is 35.0 Å². The van der Waals surface area contributed by atoms with Crippen LogP contribution in [0.25, 0.3) is 5.65 Å². The summed E-state index contributed by atoms with van der Waals surface area (Å²) in [7, 11) is 0. The molecule has 0 bridgehead atoms. The average Bonchev–Trinajstić information content (AvgIpc) is 3.62. The molecule has 0 unspecified atom stereocenters. The highest BCUT2D eigenvalue weighted by molar-refractivity contribution is 5.99. The topological polar surface area (TPSA) is 153 Å². The van der Waals surface area contributed by atoms with Crippen LogP contribution in [-0.4, -0.2) is 50.5 Å². The molecule has 1 aliphatic heterocycles. The van der Waals surface area contributed by atoms with E-state index in [-0.39, 0.29) is 42.5 Å². The largest absolute Gasteiger partial charge is 0.482 e. The first kappa shape index (κ1) is 28.8. The Morgan fingerprint density at radius 1 is 1.11 bits per heavy atom. The molecule has 6 rings (SSSR count). The summed E-state index contributed by atoms with van der Waals surface area (Å²) in [4.78, 5) is 55.5. The minimum Gasteiger partial charge on any atom is -0.482 e. The van der Waals surface area contributed by atoms with Gasteiger partial charge >= 0.3 is 5.97 Å². The van der Waals surface area contributed by atoms with Crippen molar-refractivity contribution < 1.29 is 28.7 Å². The first-order chi connectivity index (χ1) is 21.0. The summed E-state index contributed by atoms with van der Waals surface area (Å²) in [5.74, 6) is -0.942. The summed E-state index contributed by atoms with van der Waals surface area (Å²) in [5, 5.41) is 12.9. The maximum atomic E-state index is 13.6. The molecule has 3 heterocycles. The lowest BCUT2D eigenvalue weighted by molar-refractivity contribution is -0.118. The number of benzene rings is 2. The maximum absolute atomic E-state index is 13.6. The van der Waals surface area contributed by atoms with Crippen LogP contribution in [0.4, 0.5) is 5.69 Å². The molecular formula is C32H32N6O6. The Morgan fingerprint density at radius 2 is 1.93 bits per heavy atom. The van der Waals surface area contributed by atoms with E-state index in [4.69, 9.17) is 9.47 Å². The van der Waals surface area contributed by atoms with Crippen molar-refractivity contribution in [2.24, 2.45) is 0 Å². The number of nitrogens with zero attached hydrogens (tertiary/aromatic N) is 3. The van der Waals surface area contributed by atoms with E-state index >= 15 is 0 Å². The first-order valence-electron chi connectivity index (χ1n) is 14.3. The van der Waals surface area contributed by atoms with E-state index in [9.17, 15) is 19.2 Å². The van der Waals surface area contributed by atoms with Gasteiger partial charge in [0.1, 0.15) is 22.7 Å². The highest BCUT2D eigenvalue weighted by atomic mass is 16.6. The van der Waals surface area contributed by atoms with Gasteiger partial charge in [0.2, 0.25) is 0 Å². The van der Waals surface area contributed by atoms with E-state index in [1.165, 1.54) is 16.8 Å². The number of amides is 3. The summed E-state index contributed by atoms with van der Waals surface area (Å²) < 4.78 is 12.3. The smallest absolute Gasteiger partial charge is 0.338 e. The van der Waals surface area contributed by atoms with Gasteiger partial charge in [-0.3, -0.25) is 14.4 Å². The lowest BCUT2D eigenvalue weighted by atomic mass is 9.97. The van der Waals surface area contributed by atoms with E-state index in [0.717, 1.165) is 22.3 Å². The second-order valence-electron chi connectivity index (χ2n) is 11.9. The van der Waals surface area contributed by atoms with Gasteiger partial charge in [0.15, 0.2) is 12.3 Å². The molecule has 3 N–H and O–H groups in total. The van der Waals surface area contributed by atoms with Crippen LogP contribution >= 0.6 is 0 Å². The van der Waals surface area contributed by atoms with Crippen LogP contribution in [0.5, 0.6) is 5.75 Å². The quantitative estimate of drug-likeness (QED) is 0.285. The Morgan fingerprint density at radius 3 is 2.73 bits per heavy atom. The summed E-state index contributed by atoms with van der Waals surface area (Å²) in [5.41, 5.74) is 4.57. The standard InChI is InChI=1S/C32H32N6O6/c1-17-19-8-9-22(21(19)7-6-20(17)31(42)44-32(2,3)4)37-30(41)25-14-24(35-27-11-12-34-38(25)27)29(40)33-15-18-5-10-26-23(13-18)36-28(39)16-43-26/h5-7,10-14,22H,8-9,15-16H2,1-4H3,(H,33,40)(H,36,39)(H,37,41)/t22-/m0/s1. The molecule has 0 spiro atoms. The molecule has 2 aromatic carbocycles. The van der Waals surface area contributed by atoms with E-state index in [1.54, 1.807) is 30.3 Å². The van der Waals surface area contributed by atoms with E-state index < -0.39 is 17.4 Å². The third kappa shape index (κ3) is 5.70. The fraction of sp³-hybridized carbons (Fsp3) is 0.312. The summed E-state index contributed by atoms with van der Waals surface area (Å²) in [6.07, 6.45) is 2.87. The van der Waals surface area contributed by atoms with Crippen molar-refractivity contribution in [2.75, 3.05) is 11.9 Å². The molecule has 0 radical (unpaired) electrons. The molecule has 2 aliphatic rings. The molecule has 0 saturated heterocycles. The summed E-state index contributed by atoms with van der Waals surface area (Å²) >= 11 is 0. The lowest BCUT2D eigenvalue weighted by Gasteiger charge is -2.21. The molecule has 226 valence electrons. The second kappa shape index (κ2) is 11.1. The van der Waals surface area contributed by atoms with Crippen LogP contribution in [0.15, 0.2) is 48.7 Å². The van der Waals surface area contributed by atoms with Crippen molar-refractivity contribution in [3.63, 3.8) is 0 Å². The number of hydrogen-bond acceptors (Lipinski definition) is 8. The van der Waals surface area contributed by atoms with Gasteiger partial charge in [-0.2, -0.15) is 5.10 Å². The molecule has 3 amide bonds. The van der Waals surface area contributed by atoms with Crippen LogP contribution in [-0.2, 0) is 22.5 Å². The van der Waals surface area contributed by atoms with Gasteiger partial charge in [-0.1, -0.05) is 12.1 Å². The number of hydrogen-bond donors (Lipinski definition) is 3. The van der Waals surface area contributed by atoms with Gasteiger partial charge < -0.3 is 25.4 Å². The highest BCUT2D eigenvalue weighted by Crippen LogP contribution is 2.35. The molecule has 12 nitrogen and oxygen atoms in total. The van der Waals surface area contributed by atoms with Gasteiger partial charge in [0.25, 0.3) is 17.7 Å². The normalized spacial score (nSPS) is 15.5. The molecule has 0 fully saturated rings. The van der Waals surface area contributed by atoms with Gasteiger partial charge in [0.05, 0.1) is 23.5 Å². The minimum absolute atomic E-state index is 0.0380. The van der Waals surface area contributed by atoms with E-state index in [2.05, 4.69) is 26.0 Å². The van der Waals surface area contributed by atoms with Crippen LogP contribution < -0.4 is 20.7 Å². The van der Waals surface area contributed by atoms with Gasteiger partial charge in [-0.15, -0.1) is 0 Å².